The average molecular weight is 153 g/mol. The molecule has 0 rings (SSSR count). The highest BCUT2D eigenvalue weighted by Gasteiger charge is 2.12. The first-order chi connectivity index (χ1) is 3.98. The zero-order chi connectivity index (χ0) is 7.49. The van der Waals surface area contributed by atoms with Crippen LogP contribution in [0.2, 0.25) is 0 Å². The second-order valence-electron chi connectivity index (χ2n) is 2.02. The van der Waals surface area contributed by atoms with E-state index < -0.39 is 15.4 Å². The van der Waals surface area contributed by atoms with Crippen LogP contribution >= 0.6 is 10.3 Å². The van der Waals surface area contributed by atoms with Gasteiger partial charge in [-0.05, 0) is 18.3 Å². The number of hydrogen-bond donors (Lipinski definition) is 0. The summed E-state index contributed by atoms with van der Waals surface area (Å²) in [5, 5.41) is 9.05. The highest BCUT2D eigenvalue weighted by molar-refractivity contribution is 8.28. The minimum Gasteiger partial charge on any atom is -0.263 e. The fourth-order valence-electron chi connectivity index (χ4n) is 0.217. The quantitative estimate of drug-likeness (QED) is 0.452. The van der Waals surface area contributed by atoms with Crippen molar-refractivity contribution in [2.24, 2.45) is 0 Å². The third-order valence-electron chi connectivity index (χ3n) is 0.958. The summed E-state index contributed by atoms with van der Waals surface area (Å²) in [6.07, 6.45) is 3.52. The SMILES string of the molecule is CCS(C)(C)O[N+](=O)[O-]. The molecule has 0 radical (unpaired) electrons. The summed E-state index contributed by atoms with van der Waals surface area (Å²) in [5.74, 6) is 0.716. The Kier molecular flexibility index (Phi) is 2.76. The highest BCUT2D eigenvalue weighted by Crippen LogP contribution is 2.39. The predicted molar refractivity (Wildman–Crippen MR) is 38.1 cm³/mol. The molecule has 0 aromatic carbocycles. The van der Waals surface area contributed by atoms with Gasteiger partial charge in [0.2, 0.25) is 0 Å². The highest BCUT2D eigenvalue weighted by atomic mass is 32.3. The summed E-state index contributed by atoms with van der Waals surface area (Å²) in [6.45, 7) is 1.87. The van der Waals surface area contributed by atoms with Crippen LogP contribution in [0, 0.1) is 10.1 Å². The molecule has 0 aromatic rings. The molecular formula is C4H11NO3S. The largest absolute Gasteiger partial charge is 0.304 e. The van der Waals surface area contributed by atoms with Gasteiger partial charge in [-0.2, -0.15) is 0 Å². The zero-order valence-electron chi connectivity index (χ0n) is 5.79. The number of rotatable bonds is 3. The lowest BCUT2D eigenvalue weighted by Crippen LogP contribution is -2.08. The Balaban J connectivity index is 3.71. The summed E-state index contributed by atoms with van der Waals surface area (Å²) in [5.41, 5.74) is 0. The Morgan fingerprint density at radius 3 is 2.22 bits per heavy atom. The molecule has 0 saturated carbocycles. The fourth-order valence-corrected chi connectivity index (χ4v) is 0.652. The molecule has 0 N–H and O–H groups in total. The molecule has 0 atom stereocenters. The molecule has 0 aliphatic rings. The molecule has 4 nitrogen and oxygen atoms in total. The summed E-state index contributed by atoms with van der Waals surface area (Å²) < 4.78 is 4.39. The second kappa shape index (κ2) is 2.91. The standard InChI is InChI=1S/C4H11NO3S/c1-4-9(2,3)8-5(6)7/h4H2,1-3H3. The van der Waals surface area contributed by atoms with Gasteiger partial charge in [0.25, 0.3) is 0 Å². The summed E-state index contributed by atoms with van der Waals surface area (Å²) in [4.78, 5) is 9.78. The van der Waals surface area contributed by atoms with E-state index in [9.17, 15) is 10.1 Å². The number of nitrogens with zero attached hydrogens (tertiary/aromatic N) is 1. The van der Waals surface area contributed by atoms with Gasteiger partial charge in [-0.3, -0.25) is 4.28 Å². The molecule has 0 heterocycles. The van der Waals surface area contributed by atoms with Crippen molar-refractivity contribution in [3.63, 3.8) is 0 Å². The fraction of sp³-hybridized carbons (Fsp3) is 1.00. The molecule has 0 unspecified atom stereocenters. The average Bonchev–Trinajstić information content (AvgIpc) is 1.63. The van der Waals surface area contributed by atoms with Crippen molar-refractivity contribution < 1.29 is 9.37 Å². The molecule has 56 valence electrons. The molecule has 0 saturated heterocycles. The third-order valence-corrected chi connectivity index (χ3v) is 2.87. The van der Waals surface area contributed by atoms with Crippen molar-refractivity contribution >= 4 is 10.3 Å². The first-order valence-corrected chi connectivity index (χ1v) is 5.07. The normalized spacial score (nSPS) is 12.8. The lowest BCUT2D eigenvalue weighted by Gasteiger charge is -2.24. The lowest BCUT2D eigenvalue weighted by atomic mass is 11.0. The van der Waals surface area contributed by atoms with Gasteiger partial charge in [0, 0.05) is 0 Å². The van der Waals surface area contributed by atoms with E-state index in [1.165, 1.54) is 0 Å². The first kappa shape index (κ1) is 8.55. The van der Waals surface area contributed by atoms with Crippen LogP contribution in [0.1, 0.15) is 6.92 Å². The number of hydrogen-bond acceptors (Lipinski definition) is 3. The molecule has 0 spiro atoms. The van der Waals surface area contributed by atoms with Crippen LogP contribution in [0.3, 0.4) is 0 Å². The molecule has 5 heteroatoms. The van der Waals surface area contributed by atoms with Crippen LogP contribution in [0.5, 0.6) is 0 Å². The van der Waals surface area contributed by atoms with E-state index in [2.05, 4.69) is 4.28 Å². The molecule has 0 aliphatic heterocycles. The summed E-state index contributed by atoms with van der Waals surface area (Å²) >= 11 is 0. The van der Waals surface area contributed by atoms with Gasteiger partial charge in [0.15, 0.2) is 0 Å². The van der Waals surface area contributed by atoms with Gasteiger partial charge in [0.05, 0.1) is 0 Å². The Hall–Kier alpha value is -0.450. The smallest absolute Gasteiger partial charge is 0.263 e. The molecule has 9 heavy (non-hydrogen) atoms. The molecular weight excluding hydrogens is 142 g/mol. The van der Waals surface area contributed by atoms with E-state index >= 15 is 0 Å². The molecule has 0 aliphatic carbocycles. The predicted octanol–water partition coefficient (Wildman–Crippen LogP) is 1.19. The van der Waals surface area contributed by atoms with Gasteiger partial charge in [-0.15, -0.1) is 10.1 Å². The van der Waals surface area contributed by atoms with Crippen LogP contribution in [-0.4, -0.2) is 23.4 Å². The minimum atomic E-state index is -1.42. The Labute approximate surface area is 55.8 Å². The van der Waals surface area contributed by atoms with Gasteiger partial charge < -0.3 is 0 Å². The van der Waals surface area contributed by atoms with E-state index in [0.717, 1.165) is 0 Å². The van der Waals surface area contributed by atoms with Crippen molar-refractivity contribution in [3.8, 4) is 0 Å². The van der Waals surface area contributed by atoms with Crippen molar-refractivity contribution in [1.29, 1.82) is 0 Å². The van der Waals surface area contributed by atoms with Gasteiger partial charge >= 0.3 is 5.09 Å². The van der Waals surface area contributed by atoms with Crippen LogP contribution in [0.4, 0.5) is 0 Å². The van der Waals surface area contributed by atoms with E-state index in [0.29, 0.717) is 5.75 Å². The van der Waals surface area contributed by atoms with Crippen molar-refractivity contribution in [3.05, 3.63) is 10.1 Å². The van der Waals surface area contributed by atoms with E-state index in [1.54, 1.807) is 12.5 Å². The maximum atomic E-state index is 9.78. The summed E-state index contributed by atoms with van der Waals surface area (Å²) in [6, 6.07) is 0. The third kappa shape index (κ3) is 4.08. The van der Waals surface area contributed by atoms with Crippen molar-refractivity contribution in [2.45, 2.75) is 6.92 Å². The second-order valence-corrected chi connectivity index (χ2v) is 5.62. The molecule has 0 bridgehead atoms. The van der Waals surface area contributed by atoms with E-state index in [1.807, 2.05) is 6.92 Å². The summed E-state index contributed by atoms with van der Waals surface area (Å²) in [7, 11) is -1.42. The van der Waals surface area contributed by atoms with Crippen LogP contribution in [-0.2, 0) is 4.28 Å². The topological polar surface area (TPSA) is 52.4 Å². The van der Waals surface area contributed by atoms with Crippen LogP contribution in [0.15, 0.2) is 0 Å². The van der Waals surface area contributed by atoms with Gasteiger partial charge in [-0.1, -0.05) is 17.2 Å². The Morgan fingerprint density at radius 2 is 2.11 bits per heavy atom. The molecule has 0 aromatic heterocycles. The maximum absolute atomic E-state index is 9.78. The first-order valence-electron chi connectivity index (χ1n) is 2.53. The van der Waals surface area contributed by atoms with Crippen LogP contribution in [0.25, 0.3) is 0 Å². The molecule has 0 fully saturated rings. The van der Waals surface area contributed by atoms with Gasteiger partial charge in [0.1, 0.15) is 0 Å². The van der Waals surface area contributed by atoms with Crippen molar-refractivity contribution in [2.75, 3.05) is 18.3 Å². The Morgan fingerprint density at radius 1 is 1.67 bits per heavy atom. The maximum Gasteiger partial charge on any atom is 0.304 e. The van der Waals surface area contributed by atoms with Crippen LogP contribution < -0.4 is 0 Å². The van der Waals surface area contributed by atoms with E-state index in [4.69, 9.17) is 0 Å². The monoisotopic (exact) mass is 153 g/mol. The van der Waals surface area contributed by atoms with Crippen molar-refractivity contribution in [1.82, 2.24) is 0 Å². The molecule has 0 amide bonds. The lowest BCUT2D eigenvalue weighted by molar-refractivity contribution is -0.709. The Bertz CT molecular complexity index is 114. The zero-order valence-corrected chi connectivity index (χ0v) is 6.60. The van der Waals surface area contributed by atoms with E-state index in [-0.39, 0.29) is 0 Å². The van der Waals surface area contributed by atoms with Gasteiger partial charge in [-0.25, -0.2) is 0 Å². The minimum absolute atomic E-state index is 0.716.